The summed E-state index contributed by atoms with van der Waals surface area (Å²) in [5, 5.41) is 6.88. The summed E-state index contributed by atoms with van der Waals surface area (Å²) in [6, 6.07) is 1.70. The molecule has 1 aromatic carbocycles. The maximum Gasteiger partial charge on any atom is 0.318 e. The summed E-state index contributed by atoms with van der Waals surface area (Å²) in [4.78, 5) is 14.1. The van der Waals surface area contributed by atoms with Crippen LogP contribution in [0.1, 0.15) is 47.5 Å². The van der Waals surface area contributed by atoms with Crippen molar-refractivity contribution in [2.24, 2.45) is 0 Å². The van der Waals surface area contributed by atoms with Gasteiger partial charge in [-0.2, -0.15) is 0 Å². The maximum absolute atomic E-state index is 14.0. The topological polar surface area (TPSA) is 58.4 Å². The summed E-state index contributed by atoms with van der Waals surface area (Å²) in [7, 11) is 0. The second kappa shape index (κ2) is 6.82. The lowest BCUT2D eigenvalue weighted by Crippen LogP contribution is -2.44. The Hall–Kier alpha value is -2.44. The van der Waals surface area contributed by atoms with Crippen LogP contribution in [-0.2, 0) is 13.0 Å². The molecule has 0 saturated heterocycles. The Morgan fingerprint density at radius 1 is 1.32 bits per heavy atom. The van der Waals surface area contributed by atoms with Crippen LogP contribution in [0.4, 0.5) is 13.6 Å². The second-order valence-corrected chi connectivity index (χ2v) is 6.31. The Bertz CT molecular complexity index is 784. The number of urea groups is 1. The van der Waals surface area contributed by atoms with E-state index in [9.17, 15) is 13.6 Å². The second-order valence-electron chi connectivity index (χ2n) is 6.31. The molecule has 2 amide bonds. The van der Waals surface area contributed by atoms with E-state index in [1.54, 1.807) is 6.92 Å². The first-order chi connectivity index (χ1) is 11.9. The lowest BCUT2D eigenvalue weighted by molar-refractivity contribution is 0.186. The van der Waals surface area contributed by atoms with Crippen LogP contribution in [0.2, 0.25) is 0 Å². The molecule has 25 heavy (non-hydrogen) atoms. The number of benzene rings is 1. The van der Waals surface area contributed by atoms with E-state index in [1.165, 1.54) is 4.90 Å². The monoisotopic (exact) mass is 349 g/mol. The predicted octanol–water partition coefficient (Wildman–Crippen LogP) is 3.79. The normalized spacial score (nSPS) is 15.0. The summed E-state index contributed by atoms with van der Waals surface area (Å²) in [5.74, 6) is -0.230. The van der Waals surface area contributed by atoms with Crippen molar-refractivity contribution in [3.05, 3.63) is 51.9 Å². The van der Waals surface area contributed by atoms with E-state index >= 15 is 0 Å². The van der Waals surface area contributed by atoms with Crippen molar-refractivity contribution in [1.82, 2.24) is 15.4 Å². The lowest BCUT2D eigenvalue weighted by Gasteiger charge is -2.31. The molecule has 2 heterocycles. The Morgan fingerprint density at radius 3 is 2.60 bits per heavy atom. The minimum atomic E-state index is -0.480. The molecule has 0 radical (unpaired) electrons. The SMILES string of the molecule is CCC(NC(=O)N1CCc2c(F)ccc(F)c2C1)c1c(C)noc1C. The van der Waals surface area contributed by atoms with Crippen LogP contribution in [0.5, 0.6) is 0 Å². The number of nitrogens with zero attached hydrogens (tertiary/aromatic N) is 2. The van der Waals surface area contributed by atoms with Gasteiger partial charge in [0.1, 0.15) is 17.4 Å². The number of halogens is 2. The molecule has 1 aliphatic rings. The molecule has 0 spiro atoms. The van der Waals surface area contributed by atoms with Gasteiger partial charge in [-0.15, -0.1) is 0 Å². The van der Waals surface area contributed by atoms with E-state index < -0.39 is 11.6 Å². The summed E-state index contributed by atoms with van der Waals surface area (Å²) in [6.07, 6.45) is 0.969. The molecule has 0 aliphatic carbocycles. The van der Waals surface area contributed by atoms with Gasteiger partial charge in [-0.25, -0.2) is 13.6 Å². The molecule has 0 bridgehead atoms. The zero-order valence-electron chi connectivity index (χ0n) is 14.5. The van der Waals surface area contributed by atoms with Crippen LogP contribution >= 0.6 is 0 Å². The van der Waals surface area contributed by atoms with Gasteiger partial charge in [-0.1, -0.05) is 12.1 Å². The van der Waals surface area contributed by atoms with Crippen molar-refractivity contribution in [1.29, 1.82) is 0 Å². The molecule has 1 aromatic heterocycles. The molecule has 7 heteroatoms. The average molecular weight is 349 g/mol. The molecule has 0 fully saturated rings. The number of rotatable bonds is 3. The smallest absolute Gasteiger partial charge is 0.318 e. The van der Waals surface area contributed by atoms with Gasteiger partial charge in [0.15, 0.2) is 0 Å². The first-order valence-electron chi connectivity index (χ1n) is 8.36. The Kier molecular flexibility index (Phi) is 4.74. The number of aromatic nitrogens is 1. The van der Waals surface area contributed by atoms with Gasteiger partial charge >= 0.3 is 6.03 Å². The maximum atomic E-state index is 14.0. The highest BCUT2D eigenvalue weighted by atomic mass is 19.1. The van der Waals surface area contributed by atoms with Crippen molar-refractivity contribution < 1.29 is 18.1 Å². The molecule has 5 nitrogen and oxygen atoms in total. The third-order valence-corrected chi connectivity index (χ3v) is 4.73. The van der Waals surface area contributed by atoms with E-state index in [0.29, 0.717) is 30.7 Å². The van der Waals surface area contributed by atoms with E-state index in [1.807, 2.05) is 13.8 Å². The first kappa shape index (κ1) is 17.4. The number of fused-ring (bicyclic) bond motifs is 1. The highest BCUT2D eigenvalue weighted by molar-refractivity contribution is 5.75. The van der Waals surface area contributed by atoms with Crippen molar-refractivity contribution in [2.45, 2.75) is 46.2 Å². The van der Waals surface area contributed by atoms with Gasteiger partial charge in [0.05, 0.1) is 18.3 Å². The molecule has 1 N–H and O–H groups in total. The molecular weight excluding hydrogens is 328 g/mol. The van der Waals surface area contributed by atoms with Crippen molar-refractivity contribution >= 4 is 6.03 Å². The predicted molar refractivity (Wildman–Crippen MR) is 88.0 cm³/mol. The zero-order valence-corrected chi connectivity index (χ0v) is 14.5. The van der Waals surface area contributed by atoms with Crippen LogP contribution in [0, 0.1) is 25.5 Å². The number of hydrogen-bond acceptors (Lipinski definition) is 3. The van der Waals surface area contributed by atoms with E-state index in [-0.39, 0.29) is 24.2 Å². The van der Waals surface area contributed by atoms with E-state index in [0.717, 1.165) is 23.4 Å². The first-order valence-corrected chi connectivity index (χ1v) is 8.36. The highest BCUT2D eigenvalue weighted by Gasteiger charge is 2.28. The Balaban J connectivity index is 1.77. The van der Waals surface area contributed by atoms with Gasteiger partial charge in [-0.05, 0) is 44.4 Å². The van der Waals surface area contributed by atoms with Gasteiger partial charge in [0, 0.05) is 17.7 Å². The van der Waals surface area contributed by atoms with Gasteiger partial charge < -0.3 is 14.7 Å². The third kappa shape index (κ3) is 3.23. The van der Waals surface area contributed by atoms with Gasteiger partial charge in [0.2, 0.25) is 0 Å². The number of carbonyl (C=O) groups is 1. The number of nitrogens with one attached hydrogen (secondary N) is 1. The fourth-order valence-electron chi connectivity index (χ4n) is 3.37. The largest absolute Gasteiger partial charge is 0.361 e. The molecule has 3 rings (SSSR count). The number of hydrogen-bond donors (Lipinski definition) is 1. The summed E-state index contributed by atoms with van der Waals surface area (Å²) in [5.41, 5.74) is 2.22. The summed E-state index contributed by atoms with van der Waals surface area (Å²) >= 11 is 0. The molecule has 0 saturated carbocycles. The molecule has 2 aromatic rings. The van der Waals surface area contributed by atoms with E-state index in [4.69, 9.17) is 4.52 Å². The molecule has 1 unspecified atom stereocenters. The number of aryl methyl sites for hydroxylation is 2. The van der Waals surface area contributed by atoms with Crippen LogP contribution in [-0.4, -0.2) is 22.6 Å². The Morgan fingerprint density at radius 2 is 2.00 bits per heavy atom. The quantitative estimate of drug-likeness (QED) is 0.917. The van der Waals surface area contributed by atoms with Crippen LogP contribution < -0.4 is 5.32 Å². The minimum absolute atomic E-state index is 0.0583. The van der Waals surface area contributed by atoms with Crippen LogP contribution in [0.15, 0.2) is 16.7 Å². The number of carbonyl (C=O) groups excluding carboxylic acids is 1. The summed E-state index contributed by atoms with van der Waals surface area (Å²) < 4.78 is 33.0. The van der Waals surface area contributed by atoms with Gasteiger partial charge in [-0.3, -0.25) is 0 Å². The van der Waals surface area contributed by atoms with Crippen LogP contribution in [0.3, 0.4) is 0 Å². The van der Waals surface area contributed by atoms with Crippen LogP contribution in [0.25, 0.3) is 0 Å². The molecule has 1 aliphatic heterocycles. The average Bonchev–Trinajstić information content (AvgIpc) is 2.94. The zero-order chi connectivity index (χ0) is 18.1. The fraction of sp³-hybridized carbons (Fsp3) is 0.444. The van der Waals surface area contributed by atoms with Gasteiger partial charge in [0.25, 0.3) is 0 Å². The van der Waals surface area contributed by atoms with Crippen molar-refractivity contribution in [2.75, 3.05) is 6.54 Å². The standard InChI is InChI=1S/C18H21F2N3O2/c1-4-16(17-10(2)22-25-11(17)3)21-18(24)23-8-7-12-13(9-23)15(20)6-5-14(12)19/h5-6,16H,4,7-9H2,1-3H3,(H,21,24). The molecule has 1 atom stereocenters. The Labute approximate surface area is 145 Å². The highest BCUT2D eigenvalue weighted by Crippen LogP contribution is 2.27. The third-order valence-electron chi connectivity index (χ3n) is 4.73. The van der Waals surface area contributed by atoms with Crippen molar-refractivity contribution in [3.8, 4) is 0 Å². The lowest BCUT2D eigenvalue weighted by atomic mass is 9.98. The summed E-state index contributed by atoms with van der Waals surface area (Å²) in [6.45, 7) is 5.99. The van der Waals surface area contributed by atoms with E-state index in [2.05, 4.69) is 10.5 Å². The molecule has 134 valence electrons. The minimum Gasteiger partial charge on any atom is -0.361 e. The van der Waals surface area contributed by atoms with Crippen molar-refractivity contribution in [3.63, 3.8) is 0 Å². The fourth-order valence-corrected chi connectivity index (χ4v) is 3.37. The number of amides is 2. The molecular formula is C18H21F2N3O2.